The molecule has 0 heterocycles. The van der Waals surface area contributed by atoms with Gasteiger partial charge in [-0.3, -0.25) is 0 Å². The molecule has 0 aromatic heterocycles. The molecule has 146 valence electrons. The van der Waals surface area contributed by atoms with Crippen LogP contribution in [0.2, 0.25) is 0 Å². The zero-order valence-electron chi connectivity index (χ0n) is 16.2. The number of unbranched alkanes of at least 4 members (excludes halogenated alkanes) is 1. The van der Waals surface area contributed by atoms with Crippen molar-refractivity contribution in [2.75, 3.05) is 13.2 Å². The van der Waals surface area contributed by atoms with Gasteiger partial charge in [0.15, 0.2) is 11.6 Å². The second-order valence-electron chi connectivity index (χ2n) is 6.48. The van der Waals surface area contributed by atoms with E-state index in [0.717, 1.165) is 29.7 Å². The lowest BCUT2D eigenvalue weighted by Crippen LogP contribution is -2.01. The largest absolute Gasteiger partial charge is 0.494 e. The summed E-state index contributed by atoms with van der Waals surface area (Å²) >= 11 is 0. The number of halogens is 2. The topological polar surface area (TPSA) is 18.5 Å². The maximum Gasteiger partial charge on any atom is 0.201 e. The maximum absolute atomic E-state index is 14.5. The summed E-state index contributed by atoms with van der Waals surface area (Å²) in [6.07, 6.45) is 1.73. The van der Waals surface area contributed by atoms with Gasteiger partial charge in [0.05, 0.1) is 13.2 Å². The molecule has 0 unspecified atom stereocenters. The summed E-state index contributed by atoms with van der Waals surface area (Å²) in [4.78, 5) is 0. The molecular weight excluding hydrogens is 358 g/mol. The summed E-state index contributed by atoms with van der Waals surface area (Å²) in [7, 11) is 0. The van der Waals surface area contributed by atoms with E-state index in [2.05, 4.69) is 0 Å². The highest BCUT2D eigenvalue weighted by Gasteiger charge is 2.16. The summed E-state index contributed by atoms with van der Waals surface area (Å²) < 4.78 is 39.6. The predicted molar refractivity (Wildman–Crippen MR) is 109 cm³/mol. The van der Waals surface area contributed by atoms with Crippen LogP contribution in [0.1, 0.15) is 26.7 Å². The van der Waals surface area contributed by atoms with Gasteiger partial charge >= 0.3 is 0 Å². The summed E-state index contributed by atoms with van der Waals surface area (Å²) in [6, 6.07) is 18.2. The van der Waals surface area contributed by atoms with Crippen molar-refractivity contribution in [2.24, 2.45) is 0 Å². The minimum absolute atomic E-state index is 0.0410. The van der Waals surface area contributed by atoms with Crippen LogP contribution in [0.15, 0.2) is 60.7 Å². The van der Waals surface area contributed by atoms with Gasteiger partial charge in [0, 0.05) is 5.56 Å². The van der Waals surface area contributed by atoms with Gasteiger partial charge < -0.3 is 9.47 Å². The fraction of sp³-hybridized carbons (Fsp3) is 0.250. The number of rotatable bonds is 8. The Morgan fingerprint density at radius 1 is 0.679 bits per heavy atom. The molecule has 0 aliphatic carbocycles. The molecule has 0 amide bonds. The molecule has 3 aromatic carbocycles. The first-order valence-corrected chi connectivity index (χ1v) is 9.58. The smallest absolute Gasteiger partial charge is 0.201 e. The van der Waals surface area contributed by atoms with E-state index in [-0.39, 0.29) is 11.3 Å². The highest BCUT2D eigenvalue weighted by atomic mass is 19.2. The third kappa shape index (κ3) is 4.50. The maximum atomic E-state index is 14.5. The number of benzene rings is 3. The van der Waals surface area contributed by atoms with Gasteiger partial charge in [-0.25, -0.2) is 4.39 Å². The lowest BCUT2D eigenvalue weighted by molar-refractivity contribution is 0.289. The van der Waals surface area contributed by atoms with Crippen molar-refractivity contribution in [1.29, 1.82) is 0 Å². The molecule has 0 N–H and O–H groups in total. The average molecular weight is 382 g/mol. The molecule has 0 saturated heterocycles. The Morgan fingerprint density at radius 3 is 1.89 bits per heavy atom. The molecule has 28 heavy (non-hydrogen) atoms. The Morgan fingerprint density at radius 2 is 1.29 bits per heavy atom. The Bertz CT molecular complexity index is 903. The predicted octanol–water partition coefficient (Wildman–Crippen LogP) is 6.88. The van der Waals surface area contributed by atoms with E-state index in [4.69, 9.17) is 9.47 Å². The fourth-order valence-electron chi connectivity index (χ4n) is 2.95. The van der Waals surface area contributed by atoms with Gasteiger partial charge in [-0.15, -0.1) is 0 Å². The molecule has 3 rings (SSSR count). The van der Waals surface area contributed by atoms with Crippen LogP contribution in [-0.4, -0.2) is 13.2 Å². The Balaban J connectivity index is 1.80. The lowest BCUT2D eigenvalue weighted by Gasteiger charge is -2.11. The molecule has 0 spiro atoms. The van der Waals surface area contributed by atoms with E-state index in [1.54, 1.807) is 18.2 Å². The van der Waals surface area contributed by atoms with Crippen molar-refractivity contribution in [2.45, 2.75) is 26.7 Å². The minimum Gasteiger partial charge on any atom is -0.494 e. The molecule has 2 nitrogen and oxygen atoms in total. The van der Waals surface area contributed by atoms with Crippen LogP contribution in [0.4, 0.5) is 8.78 Å². The Labute approximate surface area is 164 Å². The standard InChI is InChI=1S/C24H24F2O2/c1-3-5-16-28-22-15-14-21(23(25)24(22)26)19-8-6-17(7-9-19)18-10-12-20(13-11-18)27-4-2/h6-15H,3-5,16H2,1-2H3. The van der Waals surface area contributed by atoms with Crippen LogP contribution >= 0.6 is 0 Å². The zero-order valence-corrected chi connectivity index (χ0v) is 16.2. The van der Waals surface area contributed by atoms with Crippen molar-refractivity contribution in [3.05, 3.63) is 72.3 Å². The van der Waals surface area contributed by atoms with Crippen LogP contribution in [-0.2, 0) is 0 Å². The second-order valence-corrected chi connectivity index (χ2v) is 6.48. The second kappa shape index (κ2) is 9.36. The fourth-order valence-corrected chi connectivity index (χ4v) is 2.95. The van der Waals surface area contributed by atoms with Crippen molar-refractivity contribution in [3.63, 3.8) is 0 Å². The Kier molecular flexibility index (Phi) is 6.64. The minimum atomic E-state index is -0.941. The molecular formula is C24H24F2O2. The van der Waals surface area contributed by atoms with E-state index in [0.29, 0.717) is 18.8 Å². The number of ether oxygens (including phenoxy) is 2. The molecule has 3 aromatic rings. The first kappa shape index (κ1) is 19.9. The quantitative estimate of drug-likeness (QED) is 0.396. The van der Waals surface area contributed by atoms with Gasteiger partial charge in [0.2, 0.25) is 5.82 Å². The first-order chi connectivity index (χ1) is 13.6. The van der Waals surface area contributed by atoms with Crippen molar-refractivity contribution < 1.29 is 18.3 Å². The van der Waals surface area contributed by atoms with Crippen LogP contribution in [0.5, 0.6) is 11.5 Å². The van der Waals surface area contributed by atoms with E-state index >= 15 is 0 Å². The molecule has 0 bridgehead atoms. The third-order valence-electron chi connectivity index (χ3n) is 4.50. The number of hydrogen-bond acceptors (Lipinski definition) is 2. The lowest BCUT2D eigenvalue weighted by atomic mass is 9.99. The van der Waals surface area contributed by atoms with Crippen LogP contribution in [0, 0.1) is 11.6 Å². The summed E-state index contributed by atoms with van der Waals surface area (Å²) in [5.41, 5.74) is 2.86. The normalized spacial score (nSPS) is 10.7. The van der Waals surface area contributed by atoms with E-state index in [9.17, 15) is 8.78 Å². The highest BCUT2D eigenvalue weighted by Crippen LogP contribution is 2.31. The van der Waals surface area contributed by atoms with Gasteiger partial charge in [0.1, 0.15) is 5.75 Å². The van der Waals surface area contributed by atoms with E-state index in [1.807, 2.05) is 50.2 Å². The highest BCUT2D eigenvalue weighted by molar-refractivity contribution is 5.71. The summed E-state index contributed by atoms with van der Waals surface area (Å²) in [5.74, 6) is -1.05. The van der Waals surface area contributed by atoms with Gasteiger partial charge in [-0.2, -0.15) is 4.39 Å². The van der Waals surface area contributed by atoms with Gasteiger partial charge in [-0.05, 0) is 54.3 Å². The molecule has 4 heteroatoms. The van der Waals surface area contributed by atoms with Gasteiger partial charge in [0.25, 0.3) is 0 Å². The molecule has 0 aliphatic heterocycles. The Hall–Kier alpha value is -2.88. The molecule has 0 fully saturated rings. The SMILES string of the molecule is CCCCOc1ccc(-c2ccc(-c3ccc(OCC)cc3)cc2)c(F)c1F. The van der Waals surface area contributed by atoms with Crippen molar-refractivity contribution >= 4 is 0 Å². The van der Waals surface area contributed by atoms with Crippen LogP contribution in [0.25, 0.3) is 22.3 Å². The monoisotopic (exact) mass is 382 g/mol. The van der Waals surface area contributed by atoms with Gasteiger partial charge in [-0.1, -0.05) is 49.7 Å². The number of hydrogen-bond donors (Lipinski definition) is 0. The van der Waals surface area contributed by atoms with Crippen molar-refractivity contribution in [3.8, 4) is 33.8 Å². The van der Waals surface area contributed by atoms with Crippen LogP contribution < -0.4 is 9.47 Å². The van der Waals surface area contributed by atoms with Crippen molar-refractivity contribution in [1.82, 2.24) is 0 Å². The average Bonchev–Trinajstić information content (AvgIpc) is 2.72. The molecule has 0 aliphatic rings. The third-order valence-corrected chi connectivity index (χ3v) is 4.50. The first-order valence-electron chi connectivity index (χ1n) is 9.58. The van der Waals surface area contributed by atoms with E-state index in [1.165, 1.54) is 6.07 Å². The zero-order chi connectivity index (χ0) is 19.9. The van der Waals surface area contributed by atoms with Crippen LogP contribution in [0.3, 0.4) is 0 Å². The van der Waals surface area contributed by atoms with E-state index < -0.39 is 11.6 Å². The summed E-state index contributed by atoms with van der Waals surface area (Å²) in [6.45, 7) is 4.96. The molecule has 0 atom stereocenters. The molecule has 0 radical (unpaired) electrons. The summed E-state index contributed by atoms with van der Waals surface area (Å²) in [5, 5.41) is 0. The molecule has 0 saturated carbocycles.